The first-order chi connectivity index (χ1) is 6.13. The van der Waals surface area contributed by atoms with Gasteiger partial charge in [0, 0.05) is 18.5 Å². The van der Waals surface area contributed by atoms with Crippen LogP contribution in [0.5, 0.6) is 0 Å². The molecule has 0 aliphatic rings. The molecular weight excluding hydrogens is 166 g/mol. The monoisotopic (exact) mass is 181 g/mol. The van der Waals surface area contributed by atoms with Crippen LogP contribution >= 0.6 is 0 Å². The minimum atomic E-state index is -0.551. The second kappa shape index (κ2) is 4.35. The van der Waals surface area contributed by atoms with Gasteiger partial charge in [0.2, 0.25) is 0 Å². The lowest BCUT2D eigenvalue weighted by Gasteiger charge is -2.10. The number of methoxy groups -OCH3 is 1. The summed E-state index contributed by atoms with van der Waals surface area (Å²) in [7, 11) is 1.57. The minimum Gasteiger partial charge on any atom is -0.386 e. The number of hydrogen-bond acceptors (Lipinski definition) is 3. The van der Waals surface area contributed by atoms with E-state index in [1.165, 1.54) is 0 Å². The van der Waals surface area contributed by atoms with Crippen molar-refractivity contribution in [2.75, 3.05) is 13.7 Å². The van der Waals surface area contributed by atoms with Crippen molar-refractivity contribution in [1.82, 2.24) is 4.98 Å². The van der Waals surface area contributed by atoms with Crippen LogP contribution < -0.4 is 0 Å². The van der Waals surface area contributed by atoms with Gasteiger partial charge in [0.25, 0.3) is 0 Å². The minimum absolute atomic E-state index is 0.322. The summed E-state index contributed by atoms with van der Waals surface area (Å²) >= 11 is 0. The SMILES string of the molecule is COCC(O)c1cc(C)nc(C)c1. The van der Waals surface area contributed by atoms with Crippen LogP contribution in [0.25, 0.3) is 0 Å². The Balaban J connectivity index is 2.87. The Hall–Kier alpha value is -0.930. The molecule has 1 heterocycles. The van der Waals surface area contributed by atoms with Crippen LogP contribution in [0, 0.1) is 13.8 Å². The van der Waals surface area contributed by atoms with E-state index in [9.17, 15) is 5.11 Å². The molecule has 0 aromatic carbocycles. The molecule has 3 heteroatoms. The fraction of sp³-hybridized carbons (Fsp3) is 0.500. The largest absolute Gasteiger partial charge is 0.386 e. The summed E-state index contributed by atoms with van der Waals surface area (Å²) in [5.74, 6) is 0. The molecule has 0 aliphatic heterocycles. The number of aryl methyl sites for hydroxylation is 2. The van der Waals surface area contributed by atoms with Gasteiger partial charge >= 0.3 is 0 Å². The van der Waals surface area contributed by atoms with Gasteiger partial charge in [-0.1, -0.05) is 0 Å². The first kappa shape index (κ1) is 10.2. The topological polar surface area (TPSA) is 42.4 Å². The van der Waals surface area contributed by atoms with Gasteiger partial charge in [-0.05, 0) is 31.5 Å². The highest BCUT2D eigenvalue weighted by Gasteiger charge is 2.07. The highest BCUT2D eigenvalue weighted by atomic mass is 16.5. The Bertz CT molecular complexity index is 266. The van der Waals surface area contributed by atoms with Crippen molar-refractivity contribution in [3.63, 3.8) is 0 Å². The van der Waals surface area contributed by atoms with E-state index in [0.717, 1.165) is 17.0 Å². The zero-order valence-corrected chi connectivity index (χ0v) is 8.24. The summed E-state index contributed by atoms with van der Waals surface area (Å²) in [6, 6.07) is 3.74. The molecule has 0 fully saturated rings. The summed E-state index contributed by atoms with van der Waals surface area (Å²) in [4.78, 5) is 4.22. The van der Waals surface area contributed by atoms with Gasteiger partial charge in [0.1, 0.15) is 6.10 Å². The van der Waals surface area contributed by atoms with Crippen molar-refractivity contribution in [2.45, 2.75) is 20.0 Å². The number of ether oxygens (including phenoxy) is 1. The van der Waals surface area contributed by atoms with Crippen LogP contribution in [0.4, 0.5) is 0 Å². The highest BCUT2D eigenvalue weighted by molar-refractivity contribution is 5.22. The Kier molecular flexibility index (Phi) is 3.39. The third-order valence-corrected chi connectivity index (χ3v) is 1.81. The fourth-order valence-corrected chi connectivity index (χ4v) is 1.31. The number of aliphatic hydroxyl groups is 1. The first-order valence-electron chi connectivity index (χ1n) is 4.25. The van der Waals surface area contributed by atoms with Gasteiger partial charge in [-0.25, -0.2) is 0 Å². The summed E-state index contributed by atoms with van der Waals surface area (Å²) in [5, 5.41) is 9.62. The number of aliphatic hydroxyl groups excluding tert-OH is 1. The van der Waals surface area contributed by atoms with E-state index in [4.69, 9.17) is 4.74 Å². The van der Waals surface area contributed by atoms with Gasteiger partial charge in [-0.15, -0.1) is 0 Å². The first-order valence-corrected chi connectivity index (χ1v) is 4.25. The smallest absolute Gasteiger partial charge is 0.102 e. The van der Waals surface area contributed by atoms with E-state index in [-0.39, 0.29) is 0 Å². The zero-order chi connectivity index (χ0) is 9.84. The Morgan fingerprint density at radius 1 is 1.38 bits per heavy atom. The number of rotatable bonds is 3. The third-order valence-electron chi connectivity index (χ3n) is 1.81. The molecule has 0 aliphatic carbocycles. The van der Waals surface area contributed by atoms with E-state index in [1.54, 1.807) is 7.11 Å². The van der Waals surface area contributed by atoms with Gasteiger partial charge in [-0.3, -0.25) is 4.98 Å². The summed E-state index contributed by atoms with van der Waals surface area (Å²) in [6.07, 6.45) is -0.551. The van der Waals surface area contributed by atoms with E-state index >= 15 is 0 Å². The zero-order valence-electron chi connectivity index (χ0n) is 8.24. The van der Waals surface area contributed by atoms with Crippen molar-refractivity contribution >= 4 is 0 Å². The van der Waals surface area contributed by atoms with E-state index in [0.29, 0.717) is 6.61 Å². The maximum Gasteiger partial charge on any atom is 0.102 e. The lowest BCUT2D eigenvalue weighted by Crippen LogP contribution is -2.06. The van der Waals surface area contributed by atoms with Crippen LogP contribution in [0.2, 0.25) is 0 Å². The quantitative estimate of drug-likeness (QED) is 0.766. The molecule has 0 saturated heterocycles. The van der Waals surface area contributed by atoms with Gasteiger partial charge in [0.05, 0.1) is 6.61 Å². The Morgan fingerprint density at radius 3 is 2.38 bits per heavy atom. The van der Waals surface area contributed by atoms with Crippen molar-refractivity contribution in [2.24, 2.45) is 0 Å². The van der Waals surface area contributed by atoms with Crippen LogP contribution in [-0.2, 0) is 4.74 Å². The average Bonchev–Trinajstić information content (AvgIpc) is 2.03. The molecule has 1 atom stereocenters. The normalized spacial score (nSPS) is 12.9. The van der Waals surface area contributed by atoms with Crippen molar-refractivity contribution in [3.8, 4) is 0 Å². The fourth-order valence-electron chi connectivity index (χ4n) is 1.31. The van der Waals surface area contributed by atoms with Crippen molar-refractivity contribution in [1.29, 1.82) is 0 Å². The number of aromatic nitrogens is 1. The van der Waals surface area contributed by atoms with E-state index in [2.05, 4.69) is 4.98 Å². The predicted molar refractivity (Wildman–Crippen MR) is 50.5 cm³/mol. The van der Waals surface area contributed by atoms with E-state index < -0.39 is 6.10 Å². The highest BCUT2D eigenvalue weighted by Crippen LogP contribution is 2.14. The molecular formula is C10H15NO2. The molecule has 1 aromatic rings. The molecule has 0 bridgehead atoms. The Labute approximate surface area is 78.4 Å². The summed E-state index contributed by atoms with van der Waals surface area (Å²) in [5.41, 5.74) is 2.71. The lowest BCUT2D eigenvalue weighted by molar-refractivity contribution is 0.0643. The number of hydrogen-bond donors (Lipinski definition) is 1. The molecule has 1 rings (SSSR count). The van der Waals surface area contributed by atoms with Crippen molar-refractivity contribution < 1.29 is 9.84 Å². The second-order valence-electron chi connectivity index (χ2n) is 3.15. The lowest BCUT2D eigenvalue weighted by atomic mass is 10.1. The maximum absolute atomic E-state index is 9.62. The number of pyridine rings is 1. The van der Waals surface area contributed by atoms with E-state index in [1.807, 2.05) is 26.0 Å². The van der Waals surface area contributed by atoms with Gasteiger partial charge in [0.15, 0.2) is 0 Å². The molecule has 1 N–H and O–H groups in total. The maximum atomic E-state index is 9.62. The van der Waals surface area contributed by atoms with Crippen LogP contribution in [0.3, 0.4) is 0 Å². The van der Waals surface area contributed by atoms with Crippen LogP contribution in [0.15, 0.2) is 12.1 Å². The molecule has 13 heavy (non-hydrogen) atoms. The molecule has 0 spiro atoms. The Morgan fingerprint density at radius 2 is 1.92 bits per heavy atom. The third kappa shape index (κ3) is 2.79. The summed E-state index contributed by atoms with van der Waals surface area (Å²) < 4.78 is 4.87. The molecule has 0 radical (unpaired) electrons. The molecule has 72 valence electrons. The number of nitrogens with zero attached hydrogens (tertiary/aromatic N) is 1. The van der Waals surface area contributed by atoms with Crippen LogP contribution in [0.1, 0.15) is 23.1 Å². The van der Waals surface area contributed by atoms with Gasteiger partial charge in [-0.2, -0.15) is 0 Å². The predicted octanol–water partition coefficient (Wildman–Crippen LogP) is 1.38. The molecule has 0 saturated carbocycles. The standard InChI is InChI=1S/C10H15NO2/c1-7-4-9(5-8(2)11-7)10(12)6-13-3/h4-5,10,12H,6H2,1-3H3. The molecule has 3 nitrogen and oxygen atoms in total. The molecule has 1 unspecified atom stereocenters. The summed E-state index contributed by atoms with van der Waals surface area (Å²) in [6.45, 7) is 4.15. The second-order valence-corrected chi connectivity index (χ2v) is 3.15. The molecule has 0 amide bonds. The van der Waals surface area contributed by atoms with Gasteiger partial charge < -0.3 is 9.84 Å². The van der Waals surface area contributed by atoms with Crippen molar-refractivity contribution in [3.05, 3.63) is 29.1 Å². The van der Waals surface area contributed by atoms with Crippen LogP contribution in [-0.4, -0.2) is 23.8 Å². The molecule has 1 aromatic heterocycles. The average molecular weight is 181 g/mol.